The van der Waals surface area contributed by atoms with Crippen molar-refractivity contribution in [2.75, 3.05) is 12.9 Å². The van der Waals surface area contributed by atoms with Crippen LogP contribution >= 0.6 is 0 Å². The number of carbonyl (C=O) groups excluding carboxylic acids is 1. The lowest BCUT2D eigenvalue weighted by molar-refractivity contribution is -0.118. The van der Waals surface area contributed by atoms with Gasteiger partial charge in [0.1, 0.15) is 0 Å². The lowest BCUT2D eigenvalue weighted by Crippen LogP contribution is -2.11. The van der Waals surface area contributed by atoms with Crippen molar-refractivity contribution >= 4 is 16.0 Å². The maximum absolute atomic E-state index is 9.66. The first-order chi connectivity index (χ1) is 4.77. The summed E-state index contributed by atoms with van der Waals surface area (Å²) < 4.78 is 25.9. The second kappa shape index (κ2) is 6.08. The fourth-order valence-corrected chi connectivity index (χ4v) is 0.110. The Hall–Kier alpha value is -0.660. The first-order valence-electron chi connectivity index (χ1n) is 2.59. The first-order valence-corrected chi connectivity index (χ1v) is 4.44. The molecule has 0 aromatic heterocycles. The molecule has 6 nitrogen and oxygen atoms in total. The number of amides is 1. The third-order valence-corrected chi connectivity index (χ3v) is 0.358. The fraction of sp³-hybridized carbons (Fsp3) is 0.750. The molecule has 0 unspecified atom stereocenters. The van der Waals surface area contributed by atoms with Gasteiger partial charge in [0.05, 0.1) is 12.9 Å². The quantitative estimate of drug-likeness (QED) is 0.446. The van der Waals surface area contributed by atoms with Crippen LogP contribution in [0, 0.1) is 0 Å². The van der Waals surface area contributed by atoms with Crippen molar-refractivity contribution in [2.45, 2.75) is 6.42 Å². The van der Waals surface area contributed by atoms with Gasteiger partial charge >= 0.3 is 0 Å². The third-order valence-electron chi connectivity index (χ3n) is 0.358. The zero-order valence-electron chi connectivity index (χ0n) is 6.02. The van der Waals surface area contributed by atoms with Crippen LogP contribution in [-0.2, 0) is 14.9 Å². The summed E-state index contributed by atoms with van der Waals surface area (Å²) in [6.45, 7) is -0.144. The summed E-state index contributed by atoms with van der Waals surface area (Å²) in [4.78, 5) is 9.66. The van der Waals surface area contributed by atoms with E-state index < -0.39 is 16.0 Å². The van der Waals surface area contributed by atoms with Gasteiger partial charge in [0, 0.05) is 6.42 Å². The molecule has 0 aliphatic rings. The largest absolute Gasteiger partial charge is 0.396 e. The predicted molar refractivity (Wildman–Crippen MR) is 38.4 cm³/mol. The van der Waals surface area contributed by atoms with Gasteiger partial charge in [-0.15, -0.1) is 0 Å². The number of aliphatic hydroxyl groups excluding tert-OH is 1. The number of hydrogen-bond acceptors (Lipinski definition) is 4. The molecule has 0 aliphatic carbocycles. The highest BCUT2D eigenvalue weighted by Crippen LogP contribution is 1.66. The summed E-state index contributed by atoms with van der Waals surface area (Å²) >= 11 is 0. The van der Waals surface area contributed by atoms with Gasteiger partial charge in [-0.1, -0.05) is 0 Å². The van der Waals surface area contributed by atoms with Crippen molar-refractivity contribution in [3.8, 4) is 0 Å². The van der Waals surface area contributed by atoms with E-state index in [1.807, 2.05) is 0 Å². The molecule has 0 spiro atoms. The summed E-state index contributed by atoms with van der Waals surface area (Å²) in [7, 11) is -3.67. The van der Waals surface area contributed by atoms with Gasteiger partial charge < -0.3 is 10.8 Å². The van der Waals surface area contributed by atoms with Gasteiger partial charge in [-0.05, 0) is 0 Å². The maximum Gasteiger partial charge on any atom is 0.261 e. The summed E-state index contributed by atoms with van der Waals surface area (Å²) in [6.07, 6.45) is 0.785. The molecular formula is C4H11NO5S. The zero-order chi connectivity index (χ0) is 9.49. The third kappa shape index (κ3) is 91.9. The highest BCUT2D eigenvalue weighted by molar-refractivity contribution is 7.85. The number of primary amides is 1. The van der Waals surface area contributed by atoms with Crippen LogP contribution in [0.25, 0.3) is 0 Å². The van der Waals surface area contributed by atoms with Crippen LogP contribution in [0.3, 0.4) is 0 Å². The molecule has 1 amide bonds. The Morgan fingerprint density at radius 3 is 1.82 bits per heavy atom. The normalized spacial score (nSPS) is 9.73. The van der Waals surface area contributed by atoms with Gasteiger partial charge in [0.15, 0.2) is 0 Å². The number of carbonyl (C=O) groups is 1. The molecule has 0 aromatic carbocycles. The van der Waals surface area contributed by atoms with Crippen LogP contribution < -0.4 is 5.73 Å². The van der Waals surface area contributed by atoms with Crippen molar-refractivity contribution in [3.63, 3.8) is 0 Å². The highest BCUT2D eigenvalue weighted by Gasteiger charge is 1.85. The zero-order valence-corrected chi connectivity index (χ0v) is 6.84. The lowest BCUT2D eigenvalue weighted by Gasteiger charge is -1.81. The van der Waals surface area contributed by atoms with Crippen molar-refractivity contribution in [2.24, 2.45) is 5.73 Å². The molecule has 0 heterocycles. The molecule has 11 heavy (non-hydrogen) atoms. The van der Waals surface area contributed by atoms with Gasteiger partial charge in [-0.2, -0.15) is 8.42 Å². The van der Waals surface area contributed by atoms with E-state index >= 15 is 0 Å². The van der Waals surface area contributed by atoms with Crippen LogP contribution in [0.5, 0.6) is 0 Å². The molecule has 0 radical (unpaired) electrons. The van der Waals surface area contributed by atoms with Crippen LogP contribution in [0.2, 0.25) is 0 Å². The second-order valence-corrected chi connectivity index (χ2v) is 3.14. The molecule has 7 heteroatoms. The summed E-state index contributed by atoms with van der Waals surface area (Å²) in [5.74, 6) is -0.461. The fourth-order valence-electron chi connectivity index (χ4n) is 0.110. The smallest absolute Gasteiger partial charge is 0.261 e. The summed E-state index contributed by atoms with van der Waals surface area (Å²) in [6, 6.07) is 0. The van der Waals surface area contributed by atoms with Gasteiger partial charge in [0.25, 0.3) is 10.1 Å². The topological polar surface area (TPSA) is 118 Å². The van der Waals surface area contributed by atoms with Crippen molar-refractivity contribution in [1.82, 2.24) is 0 Å². The Balaban J connectivity index is 0. The highest BCUT2D eigenvalue weighted by atomic mass is 32.2. The molecule has 68 valence electrons. The predicted octanol–water partition coefficient (Wildman–Crippen LogP) is -1.64. The van der Waals surface area contributed by atoms with Crippen molar-refractivity contribution < 1.29 is 22.9 Å². The molecule has 0 saturated carbocycles. The minimum absolute atomic E-state index is 0.0694. The van der Waals surface area contributed by atoms with E-state index in [0.717, 1.165) is 0 Å². The number of rotatable bonds is 2. The Bertz CT molecular complexity index is 189. The lowest BCUT2D eigenvalue weighted by atomic mass is 10.4. The molecule has 0 fully saturated rings. The molecular weight excluding hydrogens is 174 g/mol. The van der Waals surface area contributed by atoms with Crippen LogP contribution in [0.1, 0.15) is 6.42 Å². The molecule has 4 N–H and O–H groups in total. The van der Waals surface area contributed by atoms with E-state index in [4.69, 9.17) is 9.66 Å². The van der Waals surface area contributed by atoms with E-state index in [0.29, 0.717) is 6.26 Å². The Morgan fingerprint density at radius 2 is 1.82 bits per heavy atom. The van der Waals surface area contributed by atoms with Gasteiger partial charge in [0.2, 0.25) is 5.91 Å². The van der Waals surface area contributed by atoms with E-state index in [2.05, 4.69) is 5.73 Å². The Kier molecular flexibility index (Phi) is 7.16. The number of aliphatic hydroxyl groups is 1. The number of hydrogen-bond donors (Lipinski definition) is 3. The Labute approximate surface area is 64.8 Å². The van der Waals surface area contributed by atoms with Crippen molar-refractivity contribution in [3.05, 3.63) is 0 Å². The van der Waals surface area contributed by atoms with E-state index in [-0.39, 0.29) is 13.0 Å². The van der Waals surface area contributed by atoms with E-state index in [1.54, 1.807) is 0 Å². The molecule has 0 rings (SSSR count). The summed E-state index contributed by atoms with van der Waals surface area (Å²) in [5, 5.41) is 7.94. The van der Waals surface area contributed by atoms with E-state index in [9.17, 15) is 13.2 Å². The molecule has 0 atom stereocenters. The molecule has 0 saturated heterocycles. The van der Waals surface area contributed by atoms with Crippen LogP contribution in [0.15, 0.2) is 0 Å². The number of nitrogens with two attached hydrogens (primary N) is 1. The average molecular weight is 185 g/mol. The monoisotopic (exact) mass is 185 g/mol. The molecule has 0 aliphatic heterocycles. The minimum atomic E-state index is -3.67. The second-order valence-electron chi connectivity index (χ2n) is 1.67. The Morgan fingerprint density at radius 1 is 1.55 bits per heavy atom. The van der Waals surface area contributed by atoms with Gasteiger partial charge in [-0.25, -0.2) is 0 Å². The maximum atomic E-state index is 9.66. The molecule has 0 bridgehead atoms. The van der Waals surface area contributed by atoms with Gasteiger partial charge in [-0.3, -0.25) is 9.35 Å². The van der Waals surface area contributed by atoms with E-state index in [1.165, 1.54) is 0 Å². The SMILES string of the molecule is CS(=O)(=O)O.NC(=O)CCO. The summed E-state index contributed by atoms with van der Waals surface area (Å²) in [5.41, 5.74) is 4.60. The van der Waals surface area contributed by atoms with Crippen LogP contribution in [-0.4, -0.2) is 36.8 Å². The molecule has 0 aromatic rings. The van der Waals surface area contributed by atoms with Crippen molar-refractivity contribution in [1.29, 1.82) is 0 Å². The van der Waals surface area contributed by atoms with Crippen LogP contribution in [0.4, 0.5) is 0 Å². The average Bonchev–Trinajstić information content (AvgIpc) is 1.58. The standard InChI is InChI=1S/C3H7NO2.CH4O3S/c4-3(6)1-2-5;1-5(2,3)4/h5H,1-2H2,(H2,4,6);1H3,(H,2,3,4). The first kappa shape index (κ1) is 13.0. The minimum Gasteiger partial charge on any atom is -0.396 e.